The van der Waals surface area contributed by atoms with Crippen LogP contribution in [0, 0.1) is 11.8 Å². The van der Waals surface area contributed by atoms with Crippen LogP contribution < -0.4 is 11.1 Å². The van der Waals surface area contributed by atoms with E-state index in [1.807, 2.05) is 6.07 Å². The maximum absolute atomic E-state index is 12.8. The molecule has 1 fully saturated rings. The van der Waals surface area contributed by atoms with Gasteiger partial charge < -0.3 is 39.1 Å². The van der Waals surface area contributed by atoms with Crippen LogP contribution in [-0.2, 0) is 44.6 Å². The number of carbonyl (C=O) groups excluding carboxylic acids is 3. The van der Waals surface area contributed by atoms with Crippen molar-refractivity contribution in [3.63, 3.8) is 0 Å². The minimum absolute atomic E-state index is 0.201. The summed E-state index contributed by atoms with van der Waals surface area (Å²) < 4.78 is 32.4. The van der Waals surface area contributed by atoms with Gasteiger partial charge in [-0.05, 0) is 30.2 Å². The highest BCUT2D eigenvalue weighted by atomic mass is 16.6. The van der Waals surface area contributed by atoms with E-state index in [-0.39, 0.29) is 24.8 Å². The van der Waals surface area contributed by atoms with Crippen molar-refractivity contribution in [2.45, 2.75) is 25.4 Å². The summed E-state index contributed by atoms with van der Waals surface area (Å²) in [5.74, 6) is 5.07. The number of nitrogens with two attached hydrogens (primary N) is 1. The second kappa shape index (κ2) is 18.5. The molecule has 0 radical (unpaired) electrons. The molecule has 2 aliphatic rings. The van der Waals surface area contributed by atoms with Crippen LogP contribution in [0.5, 0.6) is 0 Å². The fraction of sp³-hybridized carbons (Fsp3) is 0.607. The summed E-state index contributed by atoms with van der Waals surface area (Å²) in [6.45, 7) is 6.47. The second-order valence-electron chi connectivity index (χ2n) is 8.98. The Hall–Kier alpha value is -2.89. The van der Waals surface area contributed by atoms with E-state index in [0.717, 1.165) is 11.1 Å². The third-order valence-corrected chi connectivity index (χ3v) is 6.05. The molecule has 2 heterocycles. The van der Waals surface area contributed by atoms with Crippen molar-refractivity contribution >= 4 is 17.7 Å². The third-order valence-electron chi connectivity index (χ3n) is 6.05. The molecule has 1 saturated heterocycles. The fourth-order valence-corrected chi connectivity index (χ4v) is 4.10. The van der Waals surface area contributed by atoms with Crippen molar-refractivity contribution in [1.29, 1.82) is 0 Å². The summed E-state index contributed by atoms with van der Waals surface area (Å²) in [6, 6.07) is 4.74. The smallest absolute Gasteiger partial charge is 0.255 e. The first-order valence-corrected chi connectivity index (χ1v) is 13.5. The lowest BCUT2D eigenvalue weighted by molar-refractivity contribution is -0.136. The number of nitrogens with zero attached hydrogens (tertiary/aromatic N) is 1. The van der Waals surface area contributed by atoms with Crippen molar-refractivity contribution in [2.75, 3.05) is 85.8 Å². The summed E-state index contributed by atoms with van der Waals surface area (Å²) in [7, 11) is 0. The zero-order chi connectivity index (χ0) is 28.4. The van der Waals surface area contributed by atoms with Crippen molar-refractivity contribution in [2.24, 2.45) is 5.73 Å². The number of fused-ring (bicyclic) bond motifs is 1. The van der Waals surface area contributed by atoms with Gasteiger partial charge in [-0.25, -0.2) is 0 Å². The van der Waals surface area contributed by atoms with Gasteiger partial charge in [-0.1, -0.05) is 11.8 Å². The van der Waals surface area contributed by atoms with E-state index in [0.29, 0.717) is 97.7 Å². The molecule has 12 nitrogen and oxygen atoms in total. The number of hydrogen-bond acceptors (Lipinski definition) is 10. The second-order valence-corrected chi connectivity index (χ2v) is 8.98. The number of hydrogen-bond donors (Lipinski definition) is 2. The first-order chi connectivity index (χ1) is 19.6. The van der Waals surface area contributed by atoms with E-state index in [4.69, 9.17) is 34.2 Å². The highest BCUT2D eigenvalue weighted by Gasteiger charge is 2.38. The molecular weight excluding hydrogens is 522 g/mol. The molecular formula is C28H39N3O9. The number of carbonyl (C=O) groups is 3. The van der Waals surface area contributed by atoms with Gasteiger partial charge in [0.15, 0.2) is 0 Å². The van der Waals surface area contributed by atoms with Crippen LogP contribution in [0.2, 0.25) is 0 Å². The third kappa shape index (κ3) is 10.9. The topological polar surface area (TPSA) is 148 Å². The fourth-order valence-electron chi connectivity index (χ4n) is 4.10. The zero-order valence-corrected chi connectivity index (χ0v) is 22.8. The minimum atomic E-state index is -0.628. The van der Waals surface area contributed by atoms with Crippen molar-refractivity contribution < 1.29 is 42.8 Å². The Balaban J connectivity index is 1.17. The Bertz CT molecular complexity index is 1020. The molecule has 1 atom stereocenters. The normalized spacial score (nSPS) is 16.6. The number of amides is 3. The minimum Gasteiger partial charge on any atom is -0.378 e. The lowest BCUT2D eigenvalue weighted by atomic mass is 10.0. The molecule has 0 spiro atoms. The van der Waals surface area contributed by atoms with Crippen LogP contribution in [0.1, 0.15) is 34.3 Å². The van der Waals surface area contributed by atoms with Crippen LogP contribution in [0.3, 0.4) is 0 Å². The van der Waals surface area contributed by atoms with Crippen molar-refractivity contribution in [3.05, 3.63) is 34.9 Å². The predicted molar refractivity (Wildman–Crippen MR) is 143 cm³/mol. The number of imide groups is 1. The summed E-state index contributed by atoms with van der Waals surface area (Å²) in [6.07, 6.45) is 0.566. The summed E-state index contributed by atoms with van der Waals surface area (Å²) in [5, 5.41) is 2.31. The quantitative estimate of drug-likeness (QED) is 0.133. The van der Waals surface area contributed by atoms with E-state index in [1.54, 1.807) is 12.1 Å². The predicted octanol–water partition coefficient (Wildman–Crippen LogP) is -0.143. The molecule has 1 unspecified atom stereocenters. The highest BCUT2D eigenvalue weighted by Crippen LogP contribution is 2.28. The number of benzene rings is 1. The molecule has 0 bridgehead atoms. The van der Waals surface area contributed by atoms with Crippen LogP contribution in [0.25, 0.3) is 0 Å². The first kappa shape index (κ1) is 31.6. The molecule has 1 aromatic carbocycles. The molecule has 2 aliphatic heterocycles. The molecule has 220 valence electrons. The average molecular weight is 562 g/mol. The highest BCUT2D eigenvalue weighted by molar-refractivity contribution is 6.05. The van der Waals surface area contributed by atoms with E-state index in [2.05, 4.69) is 17.2 Å². The van der Waals surface area contributed by atoms with Crippen molar-refractivity contribution in [1.82, 2.24) is 10.2 Å². The van der Waals surface area contributed by atoms with Crippen molar-refractivity contribution in [3.8, 4) is 11.8 Å². The maximum Gasteiger partial charge on any atom is 0.255 e. The molecule has 40 heavy (non-hydrogen) atoms. The molecule has 0 aliphatic carbocycles. The van der Waals surface area contributed by atoms with Gasteiger partial charge in [0.1, 0.15) is 12.6 Å². The number of ether oxygens (including phenoxy) is 6. The largest absolute Gasteiger partial charge is 0.378 e. The average Bonchev–Trinajstić information content (AvgIpc) is 3.27. The lowest BCUT2D eigenvalue weighted by Crippen LogP contribution is -2.52. The molecule has 3 amide bonds. The first-order valence-electron chi connectivity index (χ1n) is 13.5. The van der Waals surface area contributed by atoms with Gasteiger partial charge in [0.25, 0.3) is 5.91 Å². The lowest BCUT2D eigenvalue weighted by Gasteiger charge is -2.29. The van der Waals surface area contributed by atoms with E-state index in [9.17, 15) is 14.4 Å². The van der Waals surface area contributed by atoms with Gasteiger partial charge in [-0.15, -0.1) is 0 Å². The summed E-state index contributed by atoms with van der Waals surface area (Å²) >= 11 is 0. The van der Waals surface area contributed by atoms with Crippen LogP contribution in [-0.4, -0.2) is 114 Å². The van der Waals surface area contributed by atoms with Gasteiger partial charge >= 0.3 is 0 Å². The summed E-state index contributed by atoms with van der Waals surface area (Å²) in [5.41, 5.74) is 7.46. The Morgan fingerprint density at radius 2 is 1.40 bits per heavy atom. The van der Waals surface area contributed by atoms with Gasteiger partial charge in [-0.3, -0.25) is 19.7 Å². The van der Waals surface area contributed by atoms with Gasteiger partial charge in [-0.2, -0.15) is 0 Å². The zero-order valence-electron chi connectivity index (χ0n) is 22.8. The van der Waals surface area contributed by atoms with Crippen LogP contribution in [0.15, 0.2) is 18.2 Å². The molecule has 3 rings (SSSR count). The van der Waals surface area contributed by atoms with E-state index >= 15 is 0 Å². The monoisotopic (exact) mass is 561 g/mol. The molecule has 0 aromatic heterocycles. The van der Waals surface area contributed by atoms with Crippen LogP contribution in [0.4, 0.5) is 0 Å². The maximum atomic E-state index is 12.8. The Kier molecular flexibility index (Phi) is 14.6. The SMILES string of the molecule is NCCOCCOCCOCCOCCOCCOCC#Cc1ccc2c(c1)CN(C1CCC(=O)NC1=O)C2=O. The molecule has 1 aromatic rings. The summed E-state index contributed by atoms with van der Waals surface area (Å²) in [4.78, 5) is 37.8. The van der Waals surface area contributed by atoms with Gasteiger partial charge in [0.05, 0.1) is 72.7 Å². The molecule has 3 N–H and O–H groups in total. The van der Waals surface area contributed by atoms with Crippen LogP contribution >= 0.6 is 0 Å². The van der Waals surface area contributed by atoms with E-state index < -0.39 is 11.9 Å². The number of nitrogens with one attached hydrogen (secondary N) is 1. The Morgan fingerprint density at radius 3 is 1.98 bits per heavy atom. The Labute approximate surface area is 234 Å². The number of piperidine rings is 1. The molecule has 12 heteroatoms. The standard InChI is InChI=1S/C28H39N3O9/c29-7-9-36-11-13-38-15-17-40-19-18-39-16-14-37-12-10-35-8-1-2-22-3-4-24-23(20-22)21-31(28(24)34)25-5-6-26(32)30-27(25)33/h3-4,20,25H,5-19,21,29H2,(H,30,32,33). The van der Waals surface area contributed by atoms with Gasteiger partial charge in [0, 0.05) is 30.6 Å². The van der Waals surface area contributed by atoms with E-state index in [1.165, 1.54) is 4.90 Å². The Morgan fingerprint density at radius 1 is 0.825 bits per heavy atom. The molecule has 0 saturated carbocycles. The van der Waals surface area contributed by atoms with Gasteiger partial charge in [0.2, 0.25) is 11.8 Å². The number of rotatable bonds is 19.